The second-order valence-electron chi connectivity index (χ2n) is 5.12. The van der Waals surface area contributed by atoms with Crippen LogP contribution in [0.4, 0.5) is 5.69 Å². The standard InChI is InChI=1S/C14H21N3O2/c1-16-6-3-7-17(9-8-16)10-11-4-2-5-12(15)13(11)14(18)19/h2,4-5H,3,6-10,15H2,1H3,(H,18,19). The molecule has 5 heteroatoms. The number of benzene rings is 1. The van der Waals surface area contributed by atoms with Crippen LogP contribution >= 0.6 is 0 Å². The third-order valence-corrected chi connectivity index (χ3v) is 3.60. The third kappa shape index (κ3) is 3.45. The summed E-state index contributed by atoms with van der Waals surface area (Å²) in [6.07, 6.45) is 1.11. The van der Waals surface area contributed by atoms with Crippen LogP contribution in [0.5, 0.6) is 0 Å². The molecular weight excluding hydrogens is 242 g/mol. The number of carboxylic acids is 1. The van der Waals surface area contributed by atoms with Crippen LogP contribution in [-0.2, 0) is 6.54 Å². The van der Waals surface area contributed by atoms with Crippen molar-refractivity contribution in [2.75, 3.05) is 39.0 Å². The molecule has 1 aliphatic heterocycles. The first-order valence-electron chi connectivity index (χ1n) is 6.59. The molecule has 1 heterocycles. The highest BCUT2D eigenvalue weighted by molar-refractivity contribution is 5.95. The van der Waals surface area contributed by atoms with Crippen molar-refractivity contribution in [3.8, 4) is 0 Å². The number of hydrogen-bond acceptors (Lipinski definition) is 4. The molecule has 0 aliphatic carbocycles. The van der Waals surface area contributed by atoms with Gasteiger partial charge in [-0.25, -0.2) is 4.79 Å². The second-order valence-corrected chi connectivity index (χ2v) is 5.12. The van der Waals surface area contributed by atoms with E-state index in [-0.39, 0.29) is 5.56 Å². The van der Waals surface area contributed by atoms with E-state index >= 15 is 0 Å². The Labute approximate surface area is 113 Å². The topological polar surface area (TPSA) is 69.8 Å². The van der Waals surface area contributed by atoms with Crippen molar-refractivity contribution in [3.63, 3.8) is 0 Å². The lowest BCUT2D eigenvalue weighted by Crippen LogP contribution is -2.29. The van der Waals surface area contributed by atoms with Crippen LogP contribution < -0.4 is 5.73 Å². The first kappa shape index (κ1) is 13.8. The molecule has 3 N–H and O–H groups in total. The molecule has 1 aromatic rings. The summed E-state index contributed by atoms with van der Waals surface area (Å²) < 4.78 is 0. The summed E-state index contributed by atoms with van der Waals surface area (Å²) in [4.78, 5) is 15.9. The van der Waals surface area contributed by atoms with Gasteiger partial charge in [-0.1, -0.05) is 12.1 Å². The van der Waals surface area contributed by atoms with E-state index in [9.17, 15) is 9.90 Å². The van der Waals surface area contributed by atoms with Crippen molar-refractivity contribution in [3.05, 3.63) is 29.3 Å². The Kier molecular flexibility index (Phi) is 4.39. The Balaban J connectivity index is 2.14. The number of nitrogen functional groups attached to an aromatic ring is 1. The van der Waals surface area contributed by atoms with Crippen LogP contribution in [-0.4, -0.2) is 54.1 Å². The van der Waals surface area contributed by atoms with E-state index in [1.165, 1.54) is 0 Å². The third-order valence-electron chi connectivity index (χ3n) is 3.60. The molecule has 1 aromatic carbocycles. The van der Waals surface area contributed by atoms with Crippen LogP contribution in [0.3, 0.4) is 0 Å². The van der Waals surface area contributed by atoms with Gasteiger partial charge in [-0.05, 0) is 38.2 Å². The fourth-order valence-electron chi connectivity index (χ4n) is 2.51. The molecule has 0 aromatic heterocycles. The average Bonchev–Trinajstić information content (AvgIpc) is 2.54. The molecular formula is C14H21N3O2. The van der Waals surface area contributed by atoms with Gasteiger partial charge in [-0.2, -0.15) is 0 Å². The number of nitrogens with zero attached hydrogens (tertiary/aromatic N) is 2. The van der Waals surface area contributed by atoms with Gasteiger partial charge < -0.3 is 15.7 Å². The van der Waals surface area contributed by atoms with E-state index < -0.39 is 5.97 Å². The molecule has 19 heavy (non-hydrogen) atoms. The molecule has 104 valence electrons. The summed E-state index contributed by atoms with van der Waals surface area (Å²) in [5.41, 5.74) is 7.17. The maximum Gasteiger partial charge on any atom is 0.338 e. The molecule has 0 spiro atoms. The molecule has 1 saturated heterocycles. The Hall–Kier alpha value is -1.59. The molecule has 0 saturated carbocycles. The quantitative estimate of drug-likeness (QED) is 0.799. The number of anilines is 1. The van der Waals surface area contributed by atoms with Gasteiger partial charge in [0.2, 0.25) is 0 Å². The Morgan fingerprint density at radius 1 is 1.32 bits per heavy atom. The zero-order valence-electron chi connectivity index (χ0n) is 11.3. The molecule has 2 rings (SSSR count). The van der Waals surface area contributed by atoms with Crippen molar-refractivity contribution in [2.45, 2.75) is 13.0 Å². The number of aromatic carboxylic acids is 1. The van der Waals surface area contributed by atoms with E-state index in [2.05, 4.69) is 16.8 Å². The number of hydrogen-bond donors (Lipinski definition) is 2. The van der Waals surface area contributed by atoms with E-state index in [4.69, 9.17) is 5.73 Å². The van der Waals surface area contributed by atoms with Gasteiger partial charge in [-0.15, -0.1) is 0 Å². The number of nitrogens with two attached hydrogens (primary N) is 1. The fraction of sp³-hybridized carbons (Fsp3) is 0.500. The van der Waals surface area contributed by atoms with Crippen molar-refractivity contribution in [1.82, 2.24) is 9.80 Å². The summed E-state index contributed by atoms with van der Waals surface area (Å²) in [5, 5.41) is 9.27. The van der Waals surface area contributed by atoms with Crippen molar-refractivity contribution < 1.29 is 9.90 Å². The highest BCUT2D eigenvalue weighted by atomic mass is 16.4. The predicted molar refractivity (Wildman–Crippen MR) is 75.2 cm³/mol. The van der Waals surface area contributed by atoms with E-state index in [1.54, 1.807) is 6.07 Å². The van der Waals surface area contributed by atoms with E-state index in [0.29, 0.717) is 12.2 Å². The zero-order valence-corrected chi connectivity index (χ0v) is 11.3. The molecule has 1 fully saturated rings. The SMILES string of the molecule is CN1CCCN(Cc2cccc(N)c2C(=O)O)CC1. The first-order valence-corrected chi connectivity index (χ1v) is 6.59. The molecule has 5 nitrogen and oxygen atoms in total. The minimum atomic E-state index is -0.944. The second kappa shape index (κ2) is 6.04. The molecule has 0 radical (unpaired) electrons. The molecule has 0 bridgehead atoms. The minimum absolute atomic E-state index is 0.250. The van der Waals surface area contributed by atoms with Gasteiger partial charge in [0.15, 0.2) is 0 Å². The van der Waals surface area contributed by atoms with Gasteiger partial charge in [-0.3, -0.25) is 4.90 Å². The lowest BCUT2D eigenvalue weighted by atomic mass is 10.0. The lowest BCUT2D eigenvalue weighted by molar-refractivity contribution is 0.0695. The summed E-state index contributed by atoms with van der Waals surface area (Å²) in [5.74, 6) is -0.944. The van der Waals surface area contributed by atoms with Crippen LogP contribution in [0.25, 0.3) is 0 Å². The largest absolute Gasteiger partial charge is 0.478 e. The predicted octanol–water partition coefficient (Wildman–Crippen LogP) is 1.10. The van der Waals surface area contributed by atoms with Gasteiger partial charge in [0.25, 0.3) is 0 Å². The molecule has 0 atom stereocenters. The number of carbonyl (C=O) groups is 1. The fourth-order valence-corrected chi connectivity index (χ4v) is 2.51. The summed E-state index contributed by atoms with van der Waals surface area (Å²) >= 11 is 0. The summed E-state index contributed by atoms with van der Waals surface area (Å²) in [7, 11) is 2.12. The highest BCUT2D eigenvalue weighted by Crippen LogP contribution is 2.19. The maximum atomic E-state index is 11.3. The lowest BCUT2D eigenvalue weighted by Gasteiger charge is -2.21. The number of likely N-dealkylation sites (N-methyl/N-ethyl adjacent to an activating group) is 1. The van der Waals surface area contributed by atoms with Crippen LogP contribution in [0, 0.1) is 0 Å². The van der Waals surface area contributed by atoms with Crippen LogP contribution in [0.15, 0.2) is 18.2 Å². The minimum Gasteiger partial charge on any atom is -0.478 e. The van der Waals surface area contributed by atoms with Gasteiger partial charge in [0, 0.05) is 25.3 Å². The summed E-state index contributed by atoms with van der Waals surface area (Å²) in [6, 6.07) is 5.32. The number of rotatable bonds is 3. The van der Waals surface area contributed by atoms with E-state index in [1.807, 2.05) is 12.1 Å². The van der Waals surface area contributed by atoms with Crippen molar-refractivity contribution >= 4 is 11.7 Å². The van der Waals surface area contributed by atoms with Gasteiger partial charge >= 0.3 is 5.97 Å². The maximum absolute atomic E-state index is 11.3. The average molecular weight is 263 g/mol. The molecule has 0 amide bonds. The normalized spacial score (nSPS) is 18.2. The Morgan fingerprint density at radius 2 is 2.11 bits per heavy atom. The molecule has 1 aliphatic rings. The van der Waals surface area contributed by atoms with Gasteiger partial charge in [0.1, 0.15) is 0 Å². The van der Waals surface area contributed by atoms with Crippen LogP contribution in [0.1, 0.15) is 22.3 Å². The smallest absolute Gasteiger partial charge is 0.338 e. The van der Waals surface area contributed by atoms with Crippen molar-refractivity contribution in [2.24, 2.45) is 0 Å². The number of carboxylic acid groups (broad SMARTS) is 1. The Bertz CT molecular complexity index is 462. The highest BCUT2D eigenvalue weighted by Gasteiger charge is 2.17. The van der Waals surface area contributed by atoms with Gasteiger partial charge in [0.05, 0.1) is 5.56 Å². The van der Waals surface area contributed by atoms with Crippen LogP contribution in [0.2, 0.25) is 0 Å². The van der Waals surface area contributed by atoms with E-state index in [0.717, 1.165) is 38.2 Å². The molecule has 0 unspecified atom stereocenters. The Morgan fingerprint density at radius 3 is 2.84 bits per heavy atom. The van der Waals surface area contributed by atoms with Crippen molar-refractivity contribution in [1.29, 1.82) is 0 Å². The monoisotopic (exact) mass is 263 g/mol. The first-order chi connectivity index (χ1) is 9.08. The zero-order chi connectivity index (χ0) is 13.8. The summed E-state index contributed by atoms with van der Waals surface area (Å²) in [6.45, 7) is 4.73.